The lowest BCUT2D eigenvalue weighted by Gasteiger charge is -2.01. The number of imidazole rings is 1. The monoisotopic (exact) mass is 286 g/mol. The molecule has 106 valence electrons. The van der Waals surface area contributed by atoms with Crippen LogP contribution in [0.4, 0.5) is 0 Å². The van der Waals surface area contributed by atoms with Crippen molar-refractivity contribution in [2.45, 2.75) is 6.92 Å². The van der Waals surface area contributed by atoms with Crippen molar-refractivity contribution in [3.05, 3.63) is 66.4 Å². The molecule has 0 aliphatic rings. The molecule has 0 aliphatic heterocycles. The first kappa shape index (κ1) is 12.7. The van der Waals surface area contributed by atoms with Crippen LogP contribution in [0.25, 0.3) is 33.6 Å². The van der Waals surface area contributed by atoms with Crippen molar-refractivity contribution < 1.29 is 0 Å². The molecule has 0 amide bonds. The highest BCUT2D eigenvalue weighted by atomic mass is 14.9. The zero-order chi connectivity index (χ0) is 14.9. The molecule has 0 aliphatic carbocycles. The Morgan fingerprint density at radius 2 is 1.73 bits per heavy atom. The van der Waals surface area contributed by atoms with Crippen molar-refractivity contribution in [1.82, 2.24) is 19.9 Å². The predicted molar refractivity (Wildman–Crippen MR) is 89.2 cm³/mol. The van der Waals surface area contributed by atoms with Crippen molar-refractivity contribution in [3.8, 4) is 0 Å². The van der Waals surface area contributed by atoms with Gasteiger partial charge in [-0.2, -0.15) is 0 Å². The molecule has 4 rings (SSSR count). The number of H-pyrrole nitrogens is 1. The van der Waals surface area contributed by atoms with E-state index in [0.29, 0.717) is 0 Å². The fraction of sp³-hybridized carbons (Fsp3) is 0.0556. The normalized spacial score (nSPS) is 12.1. The highest BCUT2D eigenvalue weighted by molar-refractivity contribution is 5.91. The van der Waals surface area contributed by atoms with Crippen LogP contribution >= 0.6 is 0 Å². The molecule has 0 saturated heterocycles. The predicted octanol–water partition coefficient (Wildman–Crippen LogP) is 4.07. The molecule has 0 bridgehead atoms. The van der Waals surface area contributed by atoms with E-state index in [1.807, 2.05) is 61.5 Å². The summed E-state index contributed by atoms with van der Waals surface area (Å²) in [6, 6.07) is 16.0. The summed E-state index contributed by atoms with van der Waals surface area (Å²) < 4.78 is 0. The summed E-state index contributed by atoms with van der Waals surface area (Å²) >= 11 is 0. The van der Waals surface area contributed by atoms with Crippen molar-refractivity contribution in [2.24, 2.45) is 0 Å². The van der Waals surface area contributed by atoms with Crippen LogP contribution in [-0.4, -0.2) is 19.9 Å². The number of nitrogens with zero attached hydrogens (tertiary/aromatic N) is 3. The van der Waals surface area contributed by atoms with E-state index < -0.39 is 0 Å². The Labute approximate surface area is 127 Å². The Morgan fingerprint density at radius 1 is 0.955 bits per heavy atom. The molecule has 0 fully saturated rings. The zero-order valence-electron chi connectivity index (χ0n) is 12.1. The molecule has 0 atom stereocenters. The van der Waals surface area contributed by atoms with Gasteiger partial charge in [-0.05, 0) is 36.8 Å². The van der Waals surface area contributed by atoms with Crippen molar-refractivity contribution in [3.63, 3.8) is 0 Å². The number of rotatable bonds is 2. The van der Waals surface area contributed by atoms with Gasteiger partial charge in [-0.1, -0.05) is 30.3 Å². The Hall–Kier alpha value is -3.01. The first-order valence-electron chi connectivity index (χ1n) is 7.14. The minimum absolute atomic E-state index is 0.865. The molecule has 0 unspecified atom stereocenters. The molecule has 0 spiro atoms. The number of hydrogen-bond donors (Lipinski definition) is 1. The minimum Gasteiger partial charge on any atom is -0.338 e. The summed E-state index contributed by atoms with van der Waals surface area (Å²) in [6.07, 6.45) is 3.64. The molecular weight excluding hydrogens is 272 g/mol. The number of allylic oxidation sites excluding steroid dienone is 1. The number of benzene rings is 2. The highest BCUT2D eigenvalue weighted by Crippen LogP contribution is 2.21. The van der Waals surface area contributed by atoms with Gasteiger partial charge in [0.1, 0.15) is 12.2 Å². The maximum absolute atomic E-state index is 4.62. The lowest BCUT2D eigenvalue weighted by Crippen LogP contribution is -1.89. The summed E-state index contributed by atoms with van der Waals surface area (Å²) in [7, 11) is 0. The topological polar surface area (TPSA) is 54.5 Å². The fourth-order valence-corrected chi connectivity index (χ4v) is 2.55. The van der Waals surface area contributed by atoms with Gasteiger partial charge in [0.05, 0.1) is 22.2 Å². The Kier molecular flexibility index (Phi) is 2.93. The minimum atomic E-state index is 0.865. The zero-order valence-corrected chi connectivity index (χ0v) is 12.1. The lowest BCUT2D eigenvalue weighted by atomic mass is 10.1. The van der Waals surface area contributed by atoms with Gasteiger partial charge in [-0.25, -0.2) is 15.0 Å². The second kappa shape index (κ2) is 5.07. The van der Waals surface area contributed by atoms with Crippen molar-refractivity contribution in [2.75, 3.05) is 0 Å². The first-order chi connectivity index (χ1) is 10.8. The quantitative estimate of drug-likeness (QED) is 0.604. The molecule has 22 heavy (non-hydrogen) atoms. The molecule has 2 aromatic carbocycles. The number of hydrogen-bond acceptors (Lipinski definition) is 3. The third-order valence-electron chi connectivity index (χ3n) is 3.69. The van der Waals surface area contributed by atoms with Crippen LogP contribution in [0.2, 0.25) is 0 Å². The van der Waals surface area contributed by atoms with E-state index in [-0.39, 0.29) is 0 Å². The number of para-hydroxylation sites is 3. The summed E-state index contributed by atoms with van der Waals surface area (Å²) in [6.45, 7) is 2.04. The van der Waals surface area contributed by atoms with Gasteiger partial charge >= 0.3 is 0 Å². The van der Waals surface area contributed by atoms with E-state index in [0.717, 1.165) is 39.0 Å². The van der Waals surface area contributed by atoms with E-state index >= 15 is 0 Å². The van der Waals surface area contributed by atoms with E-state index in [1.54, 1.807) is 6.33 Å². The van der Waals surface area contributed by atoms with Gasteiger partial charge in [0.25, 0.3) is 0 Å². The molecule has 2 heterocycles. The molecule has 0 radical (unpaired) electrons. The number of aromatic amines is 1. The number of aromatic nitrogens is 4. The van der Waals surface area contributed by atoms with E-state index in [4.69, 9.17) is 0 Å². The highest BCUT2D eigenvalue weighted by Gasteiger charge is 2.06. The average molecular weight is 286 g/mol. The Bertz CT molecular complexity index is 960. The molecule has 1 N–H and O–H groups in total. The molecular formula is C18H14N4. The third-order valence-corrected chi connectivity index (χ3v) is 3.69. The average Bonchev–Trinajstić information content (AvgIpc) is 2.99. The lowest BCUT2D eigenvalue weighted by molar-refractivity contribution is 1.20. The van der Waals surface area contributed by atoms with E-state index in [9.17, 15) is 0 Å². The van der Waals surface area contributed by atoms with E-state index in [2.05, 4.69) is 19.9 Å². The first-order valence-corrected chi connectivity index (χ1v) is 7.14. The Morgan fingerprint density at radius 3 is 2.59 bits per heavy atom. The number of nitrogens with one attached hydrogen (secondary N) is 1. The van der Waals surface area contributed by atoms with Crippen LogP contribution in [-0.2, 0) is 0 Å². The van der Waals surface area contributed by atoms with Crippen molar-refractivity contribution in [1.29, 1.82) is 0 Å². The van der Waals surface area contributed by atoms with Gasteiger partial charge in [-0.15, -0.1) is 0 Å². The molecule has 4 nitrogen and oxygen atoms in total. The molecule has 4 aromatic rings. The smallest absolute Gasteiger partial charge is 0.134 e. The molecule has 2 aromatic heterocycles. The second-order valence-electron chi connectivity index (χ2n) is 5.21. The largest absolute Gasteiger partial charge is 0.338 e. The van der Waals surface area contributed by atoms with Crippen LogP contribution in [0, 0.1) is 0 Å². The SMILES string of the molecule is C/C(=C\c1ncnc2ccccc12)c1nc2ccccc2[nH]1. The maximum atomic E-state index is 4.62. The van der Waals surface area contributed by atoms with Crippen LogP contribution in [0.3, 0.4) is 0 Å². The second-order valence-corrected chi connectivity index (χ2v) is 5.21. The summed E-state index contributed by atoms with van der Waals surface area (Å²) in [5.74, 6) is 0.865. The van der Waals surface area contributed by atoms with Gasteiger partial charge in [0.2, 0.25) is 0 Å². The maximum Gasteiger partial charge on any atom is 0.134 e. The van der Waals surface area contributed by atoms with Crippen LogP contribution in [0.1, 0.15) is 18.4 Å². The fourth-order valence-electron chi connectivity index (χ4n) is 2.55. The van der Waals surface area contributed by atoms with Crippen LogP contribution in [0.5, 0.6) is 0 Å². The van der Waals surface area contributed by atoms with Crippen LogP contribution < -0.4 is 0 Å². The summed E-state index contributed by atoms with van der Waals surface area (Å²) in [5, 5.41) is 1.04. The van der Waals surface area contributed by atoms with Gasteiger partial charge < -0.3 is 4.98 Å². The molecule has 4 heteroatoms. The van der Waals surface area contributed by atoms with Crippen molar-refractivity contribution >= 4 is 33.6 Å². The number of fused-ring (bicyclic) bond motifs is 2. The van der Waals surface area contributed by atoms with Gasteiger partial charge in [0.15, 0.2) is 0 Å². The van der Waals surface area contributed by atoms with Gasteiger partial charge in [-0.3, -0.25) is 0 Å². The Balaban J connectivity index is 1.83. The third kappa shape index (κ3) is 2.15. The molecule has 0 saturated carbocycles. The summed E-state index contributed by atoms with van der Waals surface area (Å²) in [4.78, 5) is 16.7. The van der Waals surface area contributed by atoms with Gasteiger partial charge in [0, 0.05) is 5.39 Å². The van der Waals surface area contributed by atoms with Crippen LogP contribution in [0.15, 0.2) is 54.9 Å². The van der Waals surface area contributed by atoms with E-state index in [1.165, 1.54) is 0 Å². The standard InChI is InChI=1S/C18H14N4/c1-12(18-21-15-8-4-5-9-16(15)22-18)10-17-13-6-2-3-7-14(13)19-11-20-17/h2-11H,1H3,(H,21,22)/b12-10+. The summed E-state index contributed by atoms with van der Waals surface area (Å²) in [5.41, 5.74) is 4.90.